The van der Waals surface area contributed by atoms with Gasteiger partial charge >= 0.3 is 6.18 Å². The maximum absolute atomic E-state index is 13.0. The third-order valence-corrected chi connectivity index (χ3v) is 3.37. The van der Waals surface area contributed by atoms with Crippen molar-refractivity contribution in [2.45, 2.75) is 6.18 Å². The number of ether oxygens (including phenoxy) is 2. The van der Waals surface area contributed by atoms with Crippen LogP contribution in [0.15, 0.2) is 42.6 Å². The summed E-state index contributed by atoms with van der Waals surface area (Å²) < 4.78 is 50.4. The second-order valence-corrected chi connectivity index (χ2v) is 5.46. The lowest BCUT2D eigenvalue weighted by Gasteiger charge is -2.08. The van der Waals surface area contributed by atoms with Crippen LogP contribution in [-0.2, 0) is 6.18 Å². The highest BCUT2D eigenvalue weighted by Gasteiger charge is 2.36. The Morgan fingerprint density at radius 1 is 1.19 bits per heavy atom. The van der Waals surface area contributed by atoms with Gasteiger partial charge in [-0.2, -0.15) is 27.9 Å². The predicted octanol–water partition coefficient (Wildman–Crippen LogP) is 4.14. The Morgan fingerprint density at radius 3 is 2.59 bits per heavy atom. The molecule has 2 heterocycles. The van der Waals surface area contributed by atoms with Gasteiger partial charge in [0.2, 0.25) is 11.8 Å². The zero-order valence-electron chi connectivity index (χ0n) is 13.4. The third kappa shape index (κ3) is 4.48. The molecule has 0 saturated carbocycles. The average Bonchev–Trinajstić information content (AvgIpc) is 3.07. The summed E-state index contributed by atoms with van der Waals surface area (Å²) in [5, 5.41) is 3.99. The minimum atomic E-state index is -4.67. The Kier molecular flexibility index (Phi) is 5.19. The molecule has 0 aliphatic carbocycles. The molecule has 0 spiro atoms. The van der Waals surface area contributed by atoms with E-state index < -0.39 is 11.9 Å². The Bertz CT molecular complexity index is 981. The summed E-state index contributed by atoms with van der Waals surface area (Å²) >= 11 is 5.81. The molecule has 0 bridgehead atoms. The number of hydrogen-bond acceptors (Lipinski definition) is 5. The van der Waals surface area contributed by atoms with Crippen molar-refractivity contribution in [3.05, 3.63) is 53.3 Å². The van der Waals surface area contributed by atoms with Crippen LogP contribution in [-0.4, -0.2) is 26.4 Å². The van der Waals surface area contributed by atoms with Gasteiger partial charge in [-0.3, -0.25) is 0 Å². The van der Waals surface area contributed by atoms with E-state index in [0.717, 1.165) is 4.68 Å². The molecule has 3 rings (SSSR count). The summed E-state index contributed by atoms with van der Waals surface area (Å²) in [5.41, 5.74) is -1.16. The Labute approximate surface area is 156 Å². The van der Waals surface area contributed by atoms with Crippen LogP contribution in [0.2, 0.25) is 5.02 Å². The number of alkyl halides is 3. The molecule has 0 atom stereocenters. The molecule has 1 aromatic carbocycles. The van der Waals surface area contributed by atoms with E-state index in [1.54, 1.807) is 24.3 Å². The van der Waals surface area contributed by atoms with E-state index in [2.05, 4.69) is 21.0 Å². The van der Waals surface area contributed by atoms with Crippen molar-refractivity contribution < 1.29 is 22.6 Å². The largest absolute Gasteiger partial charge is 0.464 e. The van der Waals surface area contributed by atoms with Gasteiger partial charge in [0.25, 0.3) is 5.95 Å². The van der Waals surface area contributed by atoms with Gasteiger partial charge in [0.15, 0.2) is 12.3 Å². The van der Waals surface area contributed by atoms with Gasteiger partial charge in [-0.1, -0.05) is 17.5 Å². The van der Waals surface area contributed by atoms with Crippen LogP contribution in [0.25, 0.3) is 5.95 Å². The summed E-state index contributed by atoms with van der Waals surface area (Å²) in [5.74, 6) is 2.27. The Hall–Kier alpha value is -3.25. The van der Waals surface area contributed by atoms with Crippen molar-refractivity contribution in [2.24, 2.45) is 0 Å². The van der Waals surface area contributed by atoms with Gasteiger partial charge < -0.3 is 9.47 Å². The quantitative estimate of drug-likeness (QED) is 0.609. The molecular formula is C17H10ClF3N4O2. The van der Waals surface area contributed by atoms with E-state index in [-0.39, 0.29) is 24.3 Å². The number of rotatable bonds is 5. The maximum Gasteiger partial charge on any atom is 0.435 e. The number of hydrogen-bond donors (Lipinski definition) is 0. The third-order valence-electron chi connectivity index (χ3n) is 3.11. The molecule has 10 heteroatoms. The molecule has 2 aromatic heterocycles. The number of benzene rings is 1. The lowest BCUT2D eigenvalue weighted by Crippen LogP contribution is -2.10. The van der Waals surface area contributed by atoms with Crippen molar-refractivity contribution >= 4 is 11.6 Å². The van der Waals surface area contributed by atoms with Gasteiger partial charge in [-0.15, -0.1) is 6.42 Å². The van der Waals surface area contributed by atoms with Crippen molar-refractivity contribution in [3.63, 3.8) is 0 Å². The number of terminal acetylenes is 1. The number of aromatic nitrogens is 4. The van der Waals surface area contributed by atoms with Gasteiger partial charge in [0, 0.05) is 23.4 Å². The van der Waals surface area contributed by atoms with E-state index in [4.69, 9.17) is 27.5 Å². The van der Waals surface area contributed by atoms with Crippen LogP contribution in [0.3, 0.4) is 0 Å². The second-order valence-electron chi connectivity index (χ2n) is 5.02. The van der Waals surface area contributed by atoms with E-state index >= 15 is 0 Å². The molecule has 3 aromatic rings. The summed E-state index contributed by atoms with van der Waals surface area (Å²) in [6, 6.07) is 8.62. The molecule has 0 radical (unpaired) electrons. The summed E-state index contributed by atoms with van der Waals surface area (Å²) in [7, 11) is 0. The molecule has 0 aliphatic rings. The molecule has 0 N–H and O–H groups in total. The molecule has 0 unspecified atom stereocenters. The molecule has 6 nitrogen and oxygen atoms in total. The van der Waals surface area contributed by atoms with Crippen molar-refractivity contribution in [3.8, 4) is 35.8 Å². The zero-order valence-corrected chi connectivity index (χ0v) is 14.2. The molecule has 27 heavy (non-hydrogen) atoms. The average molecular weight is 395 g/mol. The van der Waals surface area contributed by atoms with Gasteiger partial charge in [0.05, 0.1) is 0 Å². The predicted molar refractivity (Wildman–Crippen MR) is 90.0 cm³/mol. The lowest BCUT2D eigenvalue weighted by atomic mass is 10.3. The van der Waals surface area contributed by atoms with Crippen molar-refractivity contribution in [1.29, 1.82) is 0 Å². The first kappa shape index (κ1) is 18.5. The SMILES string of the molecule is C#CCOc1cc(C(F)(F)F)nn1-c1nccc(Oc2ccc(Cl)cc2)n1. The van der Waals surface area contributed by atoms with Crippen LogP contribution in [0.1, 0.15) is 5.69 Å². The summed E-state index contributed by atoms with van der Waals surface area (Å²) in [4.78, 5) is 7.98. The van der Waals surface area contributed by atoms with Crippen molar-refractivity contribution in [1.82, 2.24) is 19.7 Å². The van der Waals surface area contributed by atoms with Crippen LogP contribution in [0.5, 0.6) is 17.5 Å². The van der Waals surface area contributed by atoms with Crippen LogP contribution < -0.4 is 9.47 Å². The number of nitrogens with zero attached hydrogens (tertiary/aromatic N) is 4. The Morgan fingerprint density at radius 2 is 1.93 bits per heavy atom. The molecule has 0 saturated heterocycles. The standard InChI is InChI=1S/C17H10ClF3N4O2/c1-2-9-26-15-10-13(17(19,20)21)24-25(15)16-22-8-7-14(23-16)27-12-5-3-11(18)4-6-12/h1,3-8,10H,9H2. The fraction of sp³-hybridized carbons (Fsp3) is 0.118. The van der Waals surface area contributed by atoms with E-state index in [1.165, 1.54) is 12.3 Å². The van der Waals surface area contributed by atoms with Gasteiger partial charge in [-0.25, -0.2) is 4.98 Å². The van der Waals surface area contributed by atoms with E-state index in [9.17, 15) is 13.2 Å². The van der Waals surface area contributed by atoms with Crippen LogP contribution >= 0.6 is 11.6 Å². The summed E-state index contributed by atoms with van der Waals surface area (Å²) in [6.07, 6.45) is 1.73. The highest BCUT2D eigenvalue weighted by atomic mass is 35.5. The molecular weight excluding hydrogens is 385 g/mol. The first-order valence-electron chi connectivity index (χ1n) is 7.37. The minimum absolute atomic E-state index is 0.0919. The lowest BCUT2D eigenvalue weighted by molar-refractivity contribution is -0.141. The fourth-order valence-electron chi connectivity index (χ4n) is 1.98. The smallest absolute Gasteiger partial charge is 0.435 e. The van der Waals surface area contributed by atoms with E-state index in [1.807, 2.05) is 0 Å². The molecule has 0 aliphatic heterocycles. The van der Waals surface area contributed by atoms with Crippen LogP contribution in [0, 0.1) is 12.3 Å². The minimum Gasteiger partial charge on any atom is -0.464 e. The van der Waals surface area contributed by atoms with E-state index in [0.29, 0.717) is 16.8 Å². The molecule has 0 amide bonds. The Balaban J connectivity index is 1.94. The second kappa shape index (κ2) is 7.55. The highest BCUT2D eigenvalue weighted by molar-refractivity contribution is 6.30. The van der Waals surface area contributed by atoms with Crippen LogP contribution in [0.4, 0.5) is 13.2 Å². The monoisotopic (exact) mass is 394 g/mol. The first-order chi connectivity index (χ1) is 12.9. The molecule has 138 valence electrons. The fourth-order valence-corrected chi connectivity index (χ4v) is 2.10. The topological polar surface area (TPSA) is 62.1 Å². The maximum atomic E-state index is 13.0. The molecule has 0 fully saturated rings. The highest BCUT2D eigenvalue weighted by Crippen LogP contribution is 2.32. The first-order valence-corrected chi connectivity index (χ1v) is 7.75. The summed E-state index contributed by atoms with van der Waals surface area (Å²) in [6.45, 7) is -0.246. The normalized spacial score (nSPS) is 11.1. The zero-order chi connectivity index (χ0) is 19.4. The van der Waals surface area contributed by atoms with Gasteiger partial charge in [0.1, 0.15) is 5.75 Å². The van der Waals surface area contributed by atoms with Gasteiger partial charge in [-0.05, 0) is 24.3 Å². The number of halogens is 4. The van der Waals surface area contributed by atoms with Crippen molar-refractivity contribution in [2.75, 3.05) is 6.61 Å².